The fraction of sp³-hybridized carbons (Fsp3) is 0.469. The topological polar surface area (TPSA) is 82.0 Å². The fourth-order valence-corrected chi connectivity index (χ4v) is 5.48. The van der Waals surface area contributed by atoms with E-state index in [1.54, 1.807) is 0 Å². The van der Waals surface area contributed by atoms with Crippen LogP contribution in [-0.4, -0.2) is 39.8 Å². The molecule has 3 rings (SSSR count). The van der Waals surface area contributed by atoms with Gasteiger partial charge in [-0.25, -0.2) is 0 Å². The third kappa shape index (κ3) is 7.10. The van der Waals surface area contributed by atoms with E-state index < -0.39 is 11.6 Å². The van der Waals surface area contributed by atoms with Gasteiger partial charge in [0.25, 0.3) is 5.91 Å². The van der Waals surface area contributed by atoms with Gasteiger partial charge in [0.2, 0.25) is 0 Å². The second kappa shape index (κ2) is 12.8. The molecule has 0 spiro atoms. The number of aliphatic carboxylic acids is 1. The molecule has 0 aliphatic carbocycles. The first-order valence-electron chi connectivity index (χ1n) is 13.9. The minimum atomic E-state index is -0.855. The SMILES string of the molecule is C=C(NCCC(=O)O)c1ccc([C@@H](CC)N2C(=O)C(c3cc(Cl)cc(CC)c3)=NC2(C)CC(C)C(C)C)cc1. The van der Waals surface area contributed by atoms with E-state index in [4.69, 9.17) is 21.7 Å². The Hall–Kier alpha value is -3.12. The normalized spacial score (nSPS) is 18.7. The smallest absolute Gasteiger partial charge is 0.305 e. The van der Waals surface area contributed by atoms with E-state index in [9.17, 15) is 9.59 Å². The Morgan fingerprint density at radius 2 is 1.82 bits per heavy atom. The number of nitrogens with one attached hydrogen (secondary N) is 1. The molecule has 0 saturated carbocycles. The lowest BCUT2D eigenvalue weighted by atomic mass is 9.87. The fourth-order valence-electron chi connectivity index (χ4n) is 5.22. The molecule has 3 atom stereocenters. The first-order chi connectivity index (χ1) is 18.4. The molecule has 2 aromatic carbocycles. The number of amides is 1. The van der Waals surface area contributed by atoms with Gasteiger partial charge in [0, 0.05) is 22.8 Å². The quantitative estimate of drug-likeness (QED) is 0.278. The van der Waals surface area contributed by atoms with Gasteiger partial charge in [-0.2, -0.15) is 0 Å². The Kier molecular flexibility index (Phi) is 10.0. The Balaban J connectivity index is 1.98. The molecule has 0 aromatic heterocycles. The van der Waals surface area contributed by atoms with Gasteiger partial charge >= 0.3 is 5.97 Å². The minimum absolute atomic E-state index is 0.0220. The molecule has 0 saturated heterocycles. The molecule has 0 radical (unpaired) electrons. The first-order valence-corrected chi connectivity index (χ1v) is 14.3. The molecule has 0 bridgehead atoms. The zero-order valence-electron chi connectivity index (χ0n) is 24.1. The van der Waals surface area contributed by atoms with E-state index in [1.807, 2.05) is 47.4 Å². The molecule has 0 fully saturated rings. The van der Waals surface area contributed by atoms with Crippen molar-refractivity contribution in [1.82, 2.24) is 10.2 Å². The zero-order valence-corrected chi connectivity index (χ0v) is 24.8. The van der Waals surface area contributed by atoms with Crippen LogP contribution >= 0.6 is 11.6 Å². The number of aliphatic imine (C=N–C) groups is 1. The summed E-state index contributed by atoms with van der Waals surface area (Å²) in [5.74, 6) is -0.116. The molecule has 2 unspecified atom stereocenters. The van der Waals surface area contributed by atoms with E-state index in [2.05, 4.69) is 53.4 Å². The van der Waals surface area contributed by atoms with Gasteiger partial charge in [-0.05, 0) is 72.9 Å². The number of carbonyl (C=O) groups excluding carboxylic acids is 1. The number of carboxylic acids is 1. The highest BCUT2D eigenvalue weighted by Crippen LogP contribution is 2.42. The van der Waals surface area contributed by atoms with Crippen LogP contribution in [0.2, 0.25) is 5.02 Å². The van der Waals surface area contributed by atoms with Crippen LogP contribution in [0.15, 0.2) is 54.0 Å². The van der Waals surface area contributed by atoms with Crippen molar-refractivity contribution in [3.05, 3.63) is 76.3 Å². The lowest BCUT2D eigenvalue weighted by Crippen LogP contribution is -2.48. The van der Waals surface area contributed by atoms with Crippen molar-refractivity contribution < 1.29 is 14.7 Å². The van der Waals surface area contributed by atoms with E-state index in [0.29, 0.717) is 34.8 Å². The van der Waals surface area contributed by atoms with Crippen LogP contribution in [0.1, 0.15) is 89.1 Å². The molecule has 1 aliphatic heterocycles. The van der Waals surface area contributed by atoms with Crippen LogP contribution < -0.4 is 5.32 Å². The van der Waals surface area contributed by atoms with Crippen LogP contribution in [-0.2, 0) is 16.0 Å². The third-order valence-corrected chi connectivity index (χ3v) is 8.02. The van der Waals surface area contributed by atoms with Gasteiger partial charge in [0.15, 0.2) is 0 Å². The average molecular weight is 552 g/mol. The number of aryl methyl sites for hydroxylation is 1. The molecule has 210 valence electrons. The van der Waals surface area contributed by atoms with E-state index in [1.165, 1.54) is 0 Å². The number of benzene rings is 2. The van der Waals surface area contributed by atoms with Gasteiger partial charge in [0.1, 0.15) is 11.4 Å². The van der Waals surface area contributed by atoms with Crippen molar-refractivity contribution in [1.29, 1.82) is 0 Å². The van der Waals surface area contributed by atoms with Crippen LogP contribution in [0.5, 0.6) is 0 Å². The zero-order chi connectivity index (χ0) is 28.9. The van der Waals surface area contributed by atoms with Crippen molar-refractivity contribution in [2.45, 2.75) is 78.9 Å². The second-order valence-corrected chi connectivity index (χ2v) is 11.5. The summed E-state index contributed by atoms with van der Waals surface area (Å²) in [4.78, 5) is 32.1. The number of nitrogens with zero attached hydrogens (tertiary/aromatic N) is 2. The summed E-state index contributed by atoms with van der Waals surface area (Å²) in [5, 5.41) is 12.6. The maximum atomic E-state index is 14.2. The number of carbonyl (C=O) groups is 2. The molecular weight excluding hydrogens is 510 g/mol. The highest BCUT2D eigenvalue weighted by atomic mass is 35.5. The molecule has 7 heteroatoms. The Labute approximate surface area is 238 Å². The monoisotopic (exact) mass is 551 g/mol. The first kappa shape index (κ1) is 30.4. The molecular formula is C32H42ClN3O3. The average Bonchev–Trinajstić information content (AvgIpc) is 3.14. The largest absolute Gasteiger partial charge is 0.481 e. The van der Waals surface area contributed by atoms with Gasteiger partial charge in [-0.15, -0.1) is 0 Å². The van der Waals surface area contributed by atoms with Crippen molar-refractivity contribution in [2.24, 2.45) is 16.8 Å². The highest BCUT2D eigenvalue weighted by Gasteiger charge is 2.48. The van der Waals surface area contributed by atoms with E-state index in [-0.39, 0.29) is 18.4 Å². The molecule has 6 nitrogen and oxygen atoms in total. The summed E-state index contributed by atoms with van der Waals surface area (Å²) >= 11 is 6.44. The van der Waals surface area contributed by atoms with Gasteiger partial charge < -0.3 is 15.3 Å². The van der Waals surface area contributed by atoms with E-state index >= 15 is 0 Å². The second-order valence-electron chi connectivity index (χ2n) is 11.1. The Bertz CT molecular complexity index is 1240. The van der Waals surface area contributed by atoms with Crippen LogP contribution in [0, 0.1) is 11.8 Å². The van der Waals surface area contributed by atoms with E-state index in [0.717, 1.165) is 41.5 Å². The Morgan fingerprint density at radius 1 is 1.15 bits per heavy atom. The van der Waals surface area contributed by atoms with Gasteiger partial charge in [-0.1, -0.05) is 77.1 Å². The third-order valence-electron chi connectivity index (χ3n) is 7.80. The predicted octanol–water partition coefficient (Wildman–Crippen LogP) is 7.12. The van der Waals surface area contributed by atoms with Gasteiger partial charge in [-0.3, -0.25) is 14.6 Å². The standard InChI is InChI=1S/C32H42ClN3O3/c1-8-23-16-26(18-27(33)17-23)30-31(39)36(32(7,35-30)19-21(5)20(3)4)28(9-2)25-12-10-24(11-13-25)22(6)34-15-14-29(37)38/h10-13,16-18,20-21,28,34H,6,8-9,14-15,19H2,1-5,7H3,(H,37,38)/t21?,28-,32?/m1/s1. The lowest BCUT2D eigenvalue weighted by molar-refractivity contribution is -0.137. The summed E-state index contributed by atoms with van der Waals surface area (Å²) in [5.41, 5.74) is 4.18. The van der Waals surface area contributed by atoms with Gasteiger partial charge in [0.05, 0.1) is 12.5 Å². The number of halogens is 1. The van der Waals surface area contributed by atoms with Crippen LogP contribution in [0.4, 0.5) is 0 Å². The van der Waals surface area contributed by atoms with Crippen LogP contribution in [0.3, 0.4) is 0 Å². The molecule has 1 heterocycles. The van der Waals surface area contributed by atoms with Crippen molar-refractivity contribution >= 4 is 34.9 Å². The summed E-state index contributed by atoms with van der Waals surface area (Å²) in [7, 11) is 0. The number of rotatable bonds is 13. The predicted molar refractivity (Wildman–Crippen MR) is 160 cm³/mol. The minimum Gasteiger partial charge on any atom is -0.481 e. The summed E-state index contributed by atoms with van der Waals surface area (Å²) in [6, 6.07) is 13.6. The number of hydrogen-bond donors (Lipinski definition) is 2. The van der Waals surface area contributed by atoms with Crippen molar-refractivity contribution in [2.75, 3.05) is 6.54 Å². The molecule has 39 heavy (non-hydrogen) atoms. The Morgan fingerprint density at radius 3 is 2.38 bits per heavy atom. The number of carboxylic acid groups (broad SMARTS) is 1. The molecule has 2 aromatic rings. The summed E-state index contributed by atoms with van der Waals surface area (Å²) < 4.78 is 0. The maximum absolute atomic E-state index is 14.2. The molecule has 1 aliphatic rings. The summed E-state index contributed by atoms with van der Waals surface area (Å²) in [6.45, 7) is 17.2. The summed E-state index contributed by atoms with van der Waals surface area (Å²) in [6.07, 6.45) is 2.32. The number of hydrogen-bond acceptors (Lipinski definition) is 4. The molecule has 1 amide bonds. The molecule has 2 N–H and O–H groups in total. The lowest BCUT2D eigenvalue weighted by Gasteiger charge is -2.41. The van der Waals surface area contributed by atoms with Crippen LogP contribution in [0.25, 0.3) is 5.70 Å². The van der Waals surface area contributed by atoms with Crippen molar-refractivity contribution in [3.63, 3.8) is 0 Å². The highest BCUT2D eigenvalue weighted by molar-refractivity contribution is 6.47. The maximum Gasteiger partial charge on any atom is 0.305 e. The van der Waals surface area contributed by atoms with Crippen molar-refractivity contribution in [3.8, 4) is 0 Å².